The van der Waals surface area contributed by atoms with Gasteiger partial charge in [-0.05, 0) is 13.3 Å². The first kappa shape index (κ1) is 9.96. The van der Waals surface area contributed by atoms with Crippen molar-refractivity contribution in [3.05, 3.63) is 0 Å². The van der Waals surface area contributed by atoms with Gasteiger partial charge in [0.25, 0.3) is 0 Å². The molecule has 0 fully saturated rings. The van der Waals surface area contributed by atoms with Gasteiger partial charge in [0, 0.05) is 0 Å². The van der Waals surface area contributed by atoms with Crippen molar-refractivity contribution in [2.45, 2.75) is 58.5 Å². The molecule has 0 amide bonds. The molecule has 0 aliphatic carbocycles. The van der Waals surface area contributed by atoms with Gasteiger partial charge >= 0.3 is 0 Å². The standard InChI is InChI=1S/C9H19O/c1-3-4-5-6-7-8-9(2)10/h9H,3-8H2,1-2H3. The fourth-order valence-corrected chi connectivity index (χ4v) is 1.04. The van der Waals surface area contributed by atoms with Crippen molar-refractivity contribution >= 4 is 0 Å². The molecule has 0 saturated heterocycles. The van der Waals surface area contributed by atoms with E-state index in [4.69, 9.17) is 0 Å². The maximum absolute atomic E-state index is 10.6. The minimum Gasteiger partial charge on any atom is -0.233 e. The molecule has 10 heavy (non-hydrogen) atoms. The van der Waals surface area contributed by atoms with Crippen LogP contribution in [0.1, 0.15) is 52.4 Å². The molecule has 0 aromatic carbocycles. The Balaban J connectivity index is 2.77. The second kappa shape index (κ2) is 7.07. The third-order valence-electron chi connectivity index (χ3n) is 1.71. The van der Waals surface area contributed by atoms with Crippen molar-refractivity contribution in [2.75, 3.05) is 0 Å². The summed E-state index contributed by atoms with van der Waals surface area (Å²) in [4.78, 5) is 0. The Labute approximate surface area is 64.5 Å². The lowest BCUT2D eigenvalue weighted by atomic mass is 10.1. The molecule has 0 aromatic rings. The molecule has 1 radical (unpaired) electrons. The molecule has 0 bridgehead atoms. The van der Waals surface area contributed by atoms with E-state index in [9.17, 15) is 5.11 Å². The first-order valence-corrected chi connectivity index (χ1v) is 4.43. The second-order valence-electron chi connectivity index (χ2n) is 3.01. The van der Waals surface area contributed by atoms with Crippen LogP contribution in [0.15, 0.2) is 0 Å². The molecule has 1 atom stereocenters. The molecule has 0 heterocycles. The van der Waals surface area contributed by atoms with Crippen molar-refractivity contribution in [1.29, 1.82) is 0 Å². The van der Waals surface area contributed by atoms with Crippen molar-refractivity contribution in [2.24, 2.45) is 0 Å². The van der Waals surface area contributed by atoms with E-state index >= 15 is 0 Å². The zero-order chi connectivity index (χ0) is 7.82. The van der Waals surface area contributed by atoms with E-state index in [1.807, 2.05) is 0 Å². The molecular formula is C9H19O. The van der Waals surface area contributed by atoms with Crippen LogP contribution < -0.4 is 0 Å². The van der Waals surface area contributed by atoms with E-state index in [-0.39, 0.29) is 6.10 Å². The van der Waals surface area contributed by atoms with Gasteiger partial charge in [0.1, 0.15) is 0 Å². The maximum atomic E-state index is 10.6. The van der Waals surface area contributed by atoms with Crippen LogP contribution in [0.3, 0.4) is 0 Å². The summed E-state index contributed by atoms with van der Waals surface area (Å²) in [6.45, 7) is 3.95. The largest absolute Gasteiger partial charge is 0.233 e. The maximum Gasteiger partial charge on any atom is 0.0902 e. The summed E-state index contributed by atoms with van der Waals surface area (Å²) in [7, 11) is 0. The lowest BCUT2D eigenvalue weighted by molar-refractivity contribution is 0.0950. The van der Waals surface area contributed by atoms with Gasteiger partial charge in [-0.2, -0.15) is 0 Å². The van der Waals surface area contributed by atoms with Gasteiger partial charge in [-0.1, -0.05) is 39.0 Å². The Morgan fingerprint density at radius 2 is 1.70 bits per heavy atom. The van der Waals surface area contributed by atoms with Crippen molar-refractivity contribution in [1.82, 2.24) is 0 Å². The van der Waals surface area contributed by atoms with Crippen LogP contribution in [-0.2, 0) is 5.11 Å². The SMILES string of the molecule is CCCCCCCC(C)[O]. The number of unbranched alkanes of at least 4 members (excludes halogenated alkanes) is 4. The van der Waals surface area contributed by atoms with Crippen molar-refractivity contribution < 1.29 is 5.11 Å². The molecule has 1 heteroatoms. The Kier molecular flexibility index (Phi) is 7.04. The molecule has 1 nitrogen and oxygen atoms in total. The van der Waals surface area contributed by atoms with Gasteiger partial charge < -0.3 is 0 Å². The van der Waals surface area contributed by atoms with E-state index < -0.39 is 0 Å². The van der Waals surface area contributed by atoms with Crippen LogP contribution in [-0.4, -0.2) is 6.10 Å². The molecule has 1 unspecified atom stereocenters. The lowest BCUT2D eigenvalue weighted by Crippen LogP contribution is -1.95. The highest BCUT2D eigenvalue weighted by Gasteiger charge is 1.95. The fraction of sp³-hybridized carbons (Fsp3) is 1.00. The van der Waals surface area contributed by atoms with Crippen LogP contribution >= 0.6 is 0 Å². The van der Waals surface area contributed by atoms with Crippen LogP contribution in [0, 0.1) is 0 Å². The topological polar surface area (TPSA) is 19.9 Å². The van der Waals surface area contributed by atoms with Gasteiger partial charge in [0.05, 0.1) is 6.10 Å². The summed E-state index contributed by atoms with van der Waals surface area (Å²) in [5.41, 5.74) is 0. The number of hydrogen-bond donors (Lipinski definition) is 0. The summed E-state index contributed by atoms with van der Waals surface area (Å²) in [5.74, 6) is 0. The van der Waals surface area contributed by atoms with E-state index in [2.05, 4.69) is 6.92 Å². The molecule has 0 aliphatic rings. The summed E-state index contributed by atoms with van der Waals surface area (Å²) in [5, 5.41) is 10.6. The van der Waals surface area contributed by atoms with Gasteiger partial charge in [0.2, 0.25) is 0 Å². The monoisotopic (exact) mass is 143 g/mol. The van der Waals surface area contributed by atoms with Gasteiger partial charge in [-0.25, -0.2) is 5.11 Å². The minimum atomic E-state index is -0.346. The third-order valence-corrected chi connectivity index (χ3v) is 1.71. The van der Waals surface area contributed by atoms with Gasteiger partial charge in [-0.3, -0.25) is 0 Å². The highest BCUT2D eigenvalue weighted by molar-refractivity contribution is 4.47. The van der Waals surface area contributed by atoms with E-state index in [1.54, 1.807) is 6.92 Å². The lowest BCUT2D eigenvalue weighted by Gasteiger charge is -2.00. The van der Waals surface area contributed by atoms with Crippen LogP contribution in [0.25, 0.3) is 0 Å². The zero-order valence-corrected chi connectivity index (χ0v) is 7.23. The van der Waals surface area contributed by atoms with E-state index in [0.29, 0.717) is 0 Å². The highest BCUT2D eigenvalue weighted by Crippen LogP contribution is 2.06. The van der Waals surface area contributed by atoms with Crippen LogP contribution in [0.4, 0.5) is 0 Å². The average Bonchev–Trinajstić information content (AvgIpc) is 1.87. The Morgan fingerprint density at radius 1 is 1.10 bits per heavy atom. The zero-order valence-electron chi connectivity index (χ0n) is 7.23. The predicted octanol–water partition coefficient (Wildman–Crippen LogP) is 3.17. The fourth-order valence-electron chi connectivity index (χ4n) is 1.04. The van der Waals surface area contributed by atoms with E-state index in [0.717, 1.165) is 12.8 Å². The van der Waals surface area contributed by atoms with E-state index in [1.165, 1.54) is 25.7 Å². The quantitative estimate of drug-likeness (QED) is 0.509. The third kappa shape index (κ3) is 7.96. The van der Waals surface area contributed by atoms with Crippen molar-refractivity contribution in [3.63, 3.8) is 0 Å². The Hall–Kier alpha value is -0.0400. The summed E-state index contributed by atoms with van der Waals surface area (Å²) >= 11 is 0. The normalized spacial score (nSPS) is 13.5. The summed E-state index contributed by atoms with van der Waals surface area (Å²) in [6.07, 6.45) is 6.82. The predicted molar refractivity (Wildman–Crippen MR) is 43.5 cm³/mol. The first-order valence-electron chi connectivity index (χ1n) is 4.43. The molecule has 0 saturated carbocycles. The van der Waals surface area contributed by atoms with Crippen molar-refractivity contribution in [3.8, 4) is 0 Å². The second-order valence-corrected chi connectivity index (χ2v) is 3.01. The molecule has 0 aliphatic heterocycles. The molecule has 0 rings (SSSR count). The number of hydrogen-bond acceptors (Lipinski definition) is 0. The van der Waals surface area contributed by atoms with Gasteiger partial charge in [-0.15, -0.1) is 0 Å². The van der Waals surface area contributed by atoms with Crippen LogP contribution in [0.5, 0.6) is 0 Å². The Bertz CT molecular complexity index is 59.7. The molecule has 0 N–H and O–H groups in total. The molecule has 0 spiro atoms. The first-order chi connectivity index (χ1) is 4.77. The average molecular weight is 143 g/mol. The summed E-state index contributed by atoms with van der Waals surface area (Å²) < 4.78 is 0. The Morgan fingerprint density at radius 3 is 2.20 bits per heavy atom. The minimum absolute atomic E-state index is 0.346. The summed E-state index contributed by atoms with van der Waals surface area (Å²) in [6, 6.07) is 0. The molecular weight excluding hydrogens is 124 g/mol. The highest BCUT2D eigenvalue weighted by atomic mass is 16.3. The van der Waals surface area contributed by atoms with Crippen LogP contribution in [0.2, 0.25) is 0 Å². The van der Waals surface area contributed by atoms with Gasteiger partial charge in [0.15, 0.2) is 0 Å². The molecule has 0 aromatic heterocycles. The molecule has 61 valence electrons. The number of rotatable bonds is 6. The smallest absolute Gasteiger partial charge is 0.0902 e.